The van der Waals surface area contributed by atoms with Gasteiger partial charge >= 0.3 is 0 Å². The van der Waals surface area contributed by atoms with Gasteiger partial charge in [-0.2, -0.15) is 0 Å². The lowest BCUT2D eigenvalue weighted by molar-refractivity contribution is -0.119. The number of hydrogen-bond acceptors (Lipinski definition) is 4. The normalized spacial score (nSPS) is 12.8. The highest BCUT2D eigenvalue weighted by Crippen LogP contribution is 2.20. The predicted molar refractivity (Wildman–Crippen MR) is 79.9 cm³/mol. The van der Waals surface area contributed by atoms with E-state index in [2.05, 4.69) is 26.1 Å². The summed E-state index contributed by atoms with van der Waals surface area (Å²) in [5, 5.41) is 3.40. The van der Waals surface area contributed by atoms with Crippen molar-refractivity contribution in [3.8, 4) is 5.75 Å². The Hall–Kier alpha value is -1.75. The molecule has 1 aromatic carbocycles. The van der Waals surface area contributed by atoms with Crippen LogP contribution in [0.15, 0.2) is 24.3 Å². The lowest BCUT2D eigenvalue weighted by Gasteiger charge is -2.27. The van der Waals surface area contributed by atoms with Crippen LogP contribution in [0, 0.1) is 0 Å². The van der Waals surface area contributed by atoms with Crippen LogP contribution in [0.25, 0.3) is 0 Å². The van der Waals surface area contributed by atoms with Gasteiger partial charge in [0.15, 0.2) is 6.61 Å². The number of nitrogens with one attached hydrogen (secondary N) is 1. The van der Waals surface area contributed by atoms with Crippen LogP contribution in [0.4, 0.5) is 5.69 Å². The summed E-state index contributed by atoms with van der Waals surface area (Å²) in [6.07, 6.45) is 0.892. The van der Waals surface area contributed by atoms with Gasteiger partial charge in [-0.3, -0.25) is 4.79 Å². The molecule has 5 heteroatoms. The van der Waals surface area contributed by atoms with Crippen molar-refractivity contribution >= 4 is 11.6 Å². The van der Waals surface area contributed by atoms with E-state index in [0.717, 1.165) is 12.1 Å². The lowest BCUT2D eigenvalue weighted by atomic mass is 10.00. The maximum Gasteiger partial charge on any atom is 0.255 e. The van der Waals surface area contributed by atoms with Crippen LogP contribution in [0.2, 0.25) is 0 Å². The van der Waals surface area contributed by atoms with Gasteiger partial charge in [-0.15, -0.1) is 0 Å². The molecule has 0 aliphatic heterocycles. The molecule has 0 radical (unpaired) electrons. The standard InChI is InChI=1S/C15H24N2O3/c1-11(9-15(2,3)19-4)17-12-5-7-13(8-6-12)20-10-14(16)18/h5-8,11,17H,9-10H2,1-4H3,(H2,16,18). The third kappa shape index (κ3) is 5.93. The van der Waals surface area contributed by atoms with Crippen LogP contribution >= 0.6 is 0 Å². The van der Waals surface area contributed by atoms with Crippen LogP contribution in [0.3, 0.4) is 0 Å². The Morgan fingerprint density at radius 1 is 1.35 bits per heavy atom. The monoisotopic (exact) mass is 280 g/mol. The maximum atomic E-state index is 10.6. The number of carbonyl (C=O) groups excluding carboxylic acids is 1. The number of anilines is 1. The minimum absolute atomic E-state index is 0.106. The molecule has 1 aromatic rings. The predicted octanol–water partition coefficient (Wildman–Crippen LogP) is 2.17. The van der Waals surface area contributed by atoms with Crippen molar-refractivity contribution in [1.29, 1.82) is 0 Å². The zero-order chi connectivity index (χ0) is 15.2. The van der Waals surface area contributed by atoms with E-state index in [-0.39, 0.29) is 18.2 Å². The van der Waals surface area contributed by atoms with E-state index in [9.17, 15) is 4.79 Å². The van der Waals surface area contributed by atoms with E-state index in [1.54, 1.807) is 19.2 Å². The summed E-state index contributed by atoms with van der Waals surface area (Å²) in [7, 11) is 1.72. The fourth-order valence-electron chi connectivity index (χ4n) is 1.96. The molecule has 20 heavy (non-hydrogen) atoms. The van der Waals surface area contributed by atoms with Crippen molar-refractivity contribution in [1.82, 2.24) is 0 Å². The van der Waals surface area contributed by atoms with Gasteiger partial charge in [0.2, 0.25) is 0 Å². The van der Waals surface area contributed by atoms with Gasteiger partial charge in [0.25, 0.3) is 5.91 Å². The molecular formula is C15H24N2O3. The fourth-order valence-corrected chi connectivity index (χ4v) is 1.96. The van der Waals surface area contributed by atoms with Gasteiger partial charge in [0, 0.05) is 18.8 Å². The highest BCUT2D eigenvalue weighted by Gasteiger charge is 2.19. The van der Waals surface area contributed by atoms with Crippen LogP contribution in [-0.2, 0) is 9.53 Å². The van der Waals surface area contributed by atoms with Crippen LogP contribution in [0.5, 0.6) is 5.75 Å². The summed E-state index contributed by atoms with van der Waals surface area (Å²) in [6.45, 7) is 6.13. The molecule has 1 rings (SSSR count). The van der Waals surface area contributed by atoms with Gasteiger partial charge in [0.1, 0.15) is 5.75 Å². The molecule has 1 amide bonds. The second kappa shape index (κ2) is 7.14. The average molecular weight is 280 g/mol. The first-order chi connectivity index (χ1) is 9.32. The number of rotatable bonds is 8. The first kappa shape index (κ1) is 16.3. The maximum absolute atomic E-state index is 10.6. The quantitative estimate of drug-likeness (QED) is 0.765. The summed E-state index contributed by atoms with van der Waals surface area (Å²) >= 11 is 0. The zero-order valence-electron chi connectivity index (χ0n) is 12.6. The molecule has 1 unspecified atom stereocenters. The highest BCUT2D eigenvalue weighted by atomic mass is 16.5. The molecule has 5 nitrogen and oxygen atoms in total. The minimum atomic E-state index is -0.484. The first-order valence-electron chi connectivity index (χ1n) is 6.65. The van der Waals surface area contributed by atoms with E-state index in [0.29, 0.717) is 5.75 Å². The molecule has 0 heterocycles. The molecule has 0 saturated carbocycles. The molecule has 0 fully saturated rings. The van der Waals surface area contributed by atoms with Crippen molar-refractivity contribution in [2.45, 2.75) is 38.8 Å². The second-order valence-corrected chi connectivity index (χ2v) is 5.49. The average Bonchev–Trinajstić information content (AvgIpc) is 2.37. The molecule has 0 aliphatic carbocycles. The zero-order valence-corrected chi connectivity index (χ0v) is 12.6. The first-order valence-corrected chi connectivity index (χ1v) is 6.65. The van der Waals surface area contributed by atoms with Crippen LogP contribution < -0.4 is 15.8 Å². The second-order valence-electron chi connectivity index (χ2n) is 5.49. The Kier molecular flexibility index (Phi) is 5.82. The van der Waals surface area contributed by atoms with Crippen molar-refractivity contribution in [2.24, 2.45) is 5.73 Å². The molecule has 0 aromatic heterocycles. The Balaban J connectivity index is 2.50. The fraction of sp³-hybridized carbons (Fsp3) is 0.533. The molecule has 0 aliphatic rings. The van der Waals surface area contributed by atoms with Crippen LogP contribution in [0.1, 0.15) is 27.2 Å². The topological polar surface area (TPSA) is 73.6 Å². The number of carbonyl (C=O) groups is 1. The molecule has 3 N–H and O–H groups in total. The largest absolute Gasteiger partial charge is 0.484 e. The van der Waals surface area contributed by atoms with Gasteiger partial charge in [-0.1, -0.05) is 0 Å². The van der Waals surface area contributed by atoms with E-state index < -0.39 is 5.91 Å². The van der Waals surface area contributed by atoms with E-state index in [1.807, 2.05) is 12.1 Å². The number of amides is 1. The van der Waals surface area contributed by atoms with E-state index in [4.69, 9.17) is 15.2 Å². The highest BCUT2D eigenvalue weighted by molar-refractivity contribution is 5.75. The molecule has 0 bridgehead atoms. The van der Waals surface area contributed by atoms with Gasteiger partial charge < -0.3 is 20.5 Å². The van der Waals surface area contributed by atoms with E-state index >= 15 is 0 Å². The minimum Gasteiger partial charge on any atom is -0.484 e. The smallest absolute Gasteiger partial charge is 0.255 e. The number of benzene rings is 1. The summed E-state index contributed by atoms with van der Waals surface area (Å²) in [5.74, 6) is 0.141. The molecule has 1 atom stereocenters. The summed E-state index contributed by atoms with van der Waals surface area (Å²) in [5.41, 5.74) is 5.86. The Labute approximate surface area is 120 Å². The van der Waals surface area contributed by atoms with Crippen molar-refractivity contribution in [2.75, 3.05) is 19.0 Å². The lowest BCUT2D eigenvalue weighted by Crippen LogP contribution is -2.31. The number of primary amides is 1. The SMILES string of the molecule is COC(C)(C)CC(C)Nc1ccc(OCC(N)=O)cc1. The molecule has 112 valence electrons. The van der Waals surface area contributed by atoms with Gasteiger partial charge in [-0.05, 0) is 51.5 Å². The summed E-state index contributed by atoms with van der Waals surface area (Å²) in [6, 6.07) is 7.71. The van der Waals surface area contributed by atoms with E-state index in [1.165, 1.54) is 0 Å². The third-order valence-corrected chi connectivity index (χ3v) is 3.00. The molecule has 0 spiro atoms. The van der Waals surface area contributed by atoms with Crippen molar-refractivity contribution < 1.29 is 14.3 Å². The number of nitrogens with two attached hydrogens (primary N) is 1. The van der Waals surface area contributed by atoms with Crippen molar-refractivity contribution in [3.63, 3.8) is 0 Å². The van der Waals surface area contributed by atoms with Crippen LogP contribution in [-0.4, -0.2) is 31.3 Å². The Morgan fingerprint density at radius 3 is 2.45 bits per heavy atom. The molecule has 0 saturated heterocycles. The number of methoxy groups -OCH3 is 1. The van der Waals surface area contributed by atoms with Gasteiger partial charge in [-0.25, -0.2) is 0 Å². The Bertz CT molecular complexity index is 429. The number of hydrogen-bond donors (Lipinski definition) is 2. The number of ether oxygens (including phenoxy) is 2. The third-order valence-electron chi connectivity index (χ3n) is 3.00. The van der Waals surface area contributed by atoms with Gasteiger partial charge in [0.05, 0.1) is 5.60 Å². The summed E-state index contributed by atoms with van der Waals surface area (Å²) in [4.78, 5) is 10.6. The molecular weight excluding hydrogens is 256 g/mol. The summed E-state index contributed by atoms with van der Waals surface area (Å²) < 4.78 is 10.6. The van der Waals surface area contributed by atoms with Crippen molar-refractivity contribution in [3.05, 3.63) is 24.3 Å². The Morgan fingerprint density at radius 2 is 1.95 bits per heavy atom.